The van der Waals surface area contributed by atoms with Crippen molar-refractivity contribution in [2.75, 3.05) is 20.8 Å². The fraction of sp³-hybridized carbons (Fsp3) is 0.409. The molecule has 5 nitrogen and oxygen atoms in total. The number of hydrogen-bond donors (Lipinski definition) is 1. The summed E-state index contributed by atoms with van der Waals surface area (Å²) in [5, 5.41) is 2.93. The van der Waals surface area contributed by atoms with E-state index < -0.39 is 0 Å². The molecule has 0 heterocycles. The summed E-state index contributed by atoms with van der Waals surface area (Å²) in [6.07, 6.45) is 0. The SMILES string of the molecule is COc1ccc(OC)c([C@@H](C)NC(=O)COc2ccc(C(C)(C)C)cc2)c1. The Labute approximate surface area is 161 Å². The minimum absolute atomic E-state index is 0.0501. The lowest BCUT2D eigenvalue weighted by atomic mass is 9.87. The van der Waals surface area contributed by atoms with E-state index in [9.17, 15) is 4.79 Å². The molecule has 0 aliphatic carbocycles. The van der Waals surface area contributed by atoms with E-state index in [1.54, 1.807) is 14.2 Å². The molecular weight excluding hydrogens is 342 g/mol. The van der Waals surface area contributed by atoms with Crippen LogP contribution in [0.1, 0.15) is 44.9 Å². The molecule has 1 atom stereocenters. The molecule has 5 heteroatoms. The van der Waals surface area contributed by atoms with Crippen LogP contribution in [-0.4, -0.2) is 26.7 Å². The highest BCUT2D eigenvalue weighted by Gasteiger charge is 2.16. The number of rotatable bonds is 7. The van der Waals surface area contributed by atoms with Crippen LogP contribution in [0, 0.1) is 0 Å². The van der Waals surface area contributed by atoms with Gasteiger partial charge in [-0.15, -0.1) is 0 Å². The predicted octanol–water partition coefficient (Wildman–Crippen LogP) is 4.26. The van der Waals surface area contributed by atoms with Gasteiger partial charge in [0.15, 0.2) is 6.61 Å². The molecule has 0 spiro atoms. The van der Waals surface area contributed by atoms with Crippen LogP contribution in [0.2, 0.25) is 0 Å². The zero-order valence-corrected chi connectivity index (χ0v) is 17.0. The van der Waals surface area contributed by atoms with E-state index in [0.29, 0.717) is 17.2 Å². The van der Waals surface area contributed by atoms with E-state index in [1.165, 1.54) is 5.56 Å². The van der Waals surface area contributed by atoms with Crippen LogP contribution in [0.3, 0.4) is 0 Å². The van der Waals surface area contributed by atoms with Crippen LogP contribution in [0.4, 0.5) is 0 Å². The molecule has 0 radical (unpaired) electrons. The monoisotopic (exact) mass is 371 g/mol. The Morgan fingerprint density at radius 2 is 1.63 bits per heavy atom. The van der Waals surface area contributed by atoms with Gasteiger partial charge < -0.3 is 19.5 Å². The van der Waals surface area contributed by atoms with Gasteiger partial charge >= 0.3 is 0 Å². The number of ether oxygens (including phenoxy) is 3. The summed E-state index contributed by atoms with van der Waals surface area (Å²) in [6, 6.07) is 13.1. The van der Waals surface area contributed by atoms with Gasteiger partial charge in [-0.3, -0.25) is 4.79 Å². The molecule has 1 amide bonds. The molecule has 2 aromatic rings. The first-order valence-electron chi connectivity index (χ1n) is 8.99. The van der Waals surface area contributed by atoms with Crippen molar-refractivity contribution < 1.29 is 19.0 Å². The van der Waals surface area contributed by atoms with Crippen molar-refractivity contribution in [3.8, 4) is 17.2 Å². The normalized spacial score (nSPS) is 12.2. The molecule has 0 bridgehead atoms. The largest absolute Gasteiger partial charge is 0.497 e. The van der Waals surface area contributed by atoms with E-state index in [4.69, 9.17) is 14.2 Å². The van der Waals surface area contributed by atoms with E-state index in [2.05, 4.69) is 26.1 Å². The second-order valence-corrected chi connectivity index (χ2v) is 7.46. The summed E-state index contributed by atoms with van der Waals surface area (Å²) in [6.45, 7) is 8.32. The molecule has 1 N–H and O–H groups in total. The van der Waals surface area contributed by atoms with Gasteiger partial charge in [-0.05, 0) is 48.2 Å². The Morgan fingerprint density at radius 3 is 2.19 bits per heavy atom. The molecule has 0 saturated carbocycles. The average Bonchev–Trinajstić information content (AvgIpc) is 2.65. The molecule has 146 valence electrons. The molecule has 0 fully saturated rings. The number of hydrogen-bond acceptors (Lipinski definition) is 4. The summed E-state index contributed by atoms with van der Waals surface area (Å²) < 4.78 is 16.2. The zero-order chi connectivity index (χ0) is 20.0. The van der Waals surface area contributed by atoms with Crippen molar-refractivity contribution in [2.24, 2.45) is 0 Å². The number of carbonyl (C=O) groups excluding carboxylic acids is 1. The summed E-state index contributed by atoms with van der Waals surface area (Å²) in [4.78, 5) is 12.3. The Balaban J connectivity index is 1.95. The Morgan fingerprint density at radius 1 is 1.00 bits per heavy atom. The molecule has 2 aromatic carbocycles. The average molecular weight is 371 g/mol. The molecule has 0 aliphatic heterocycles. The molecule has 2 rings (SSSR count). The lowest BCUT2D eigenvalue weighted by Crippen LogP contribution is -2.31. The number of methoxy groups -OCH3 is 2. The second-order valence-electron chi connectivity index (χ2n) is 7.46. The van der Waals surface area contributed by atoms with E-state index in [0.717, 1.165) is 5.56 Å². The van der Waals surface area contributed by atoms with Gasteiger partial charge in [-0.1, -0.05) is 32.9 Å². The third-order valence-electron chi connectivity index (χ3n) is 4.37. The van der Waals surface area contributed by atoms with E-state index >= 15 is 0 Å². The minimum atomic E-state index is -0.241. The predicted molar refractivity (Wildman–Crippen MR) is 107 cm³/mol. The summed E-state index contributed by atoms with van der Waals surface area (Å²) >= 11 is 0. The first-order valence-corrected chi connectivity index (χ1v) is 8.99. The van der Waals surface area contributed by atoms with Crippen LogP contribution >= 0.6 is 0 Å². The number of amides is 1. The highest BCUT2D eigenvalue weighted by molar-refractivity contribution is 5.78. The molecule has 27 heavy (non-hydrogen) atoms. The van der Waals surface area contributed by atoms with Gasteiger partial charge in [0.1, 0.15) is 17.2 Å². The van der Waals surface area contributed by atoms with Crippen LogP contribution in [0.15, 0.2) is 42.5 Å². The van der Waals surface area contributed by atoms with Crippen LogP contribution in [-0.2, 0) is 10.2 Å². The Hall–Kier alpha value is -2.69. The van der Waals surface area contributed by atoms with Crippen molar-refractivity contribution in [1.82, 2.24) is 5.32 Å². The van der Waals surface area contributed by atoms with Gasteiger partial charge in [0.05, 0.1) is 20.3 Å². The van der Waals surface area contributed by atoms with Gasteiger partial charge in [0, 0.05) is 5.56 Å². The maximum atomic E-state index is 12.3. The van der Waals surface area contributed by atoms with Gasteiger partial charge in [-0.25, -0.2) is 0 Å². The fourth-order valence-electron chi connectivity index (χ4n) is 2.74. The van der Waals surface area contributed by atoms with Gasteiger partial charge in [-0.2, -0.15) is 0 Å². The van der Waals surface area contributed by atoms with Crippen molar-refractivity contribution in [3.63, 3.8) is 0 Å². The number of carbonyl (C=O) groups is 1. The minimum Gasteiger partial charge on any atom is -0.497 e. The van der Waals surface area contributed by atoms with Gasteiger partial charge in [0.2, 0.25) is 0 Å². The first kappa shape index (κ1) is 20.6. The van der Waals surface area contributed by atoms with Crippen molar-refractivity contribution in [1.29, 1.82) is 0 Å². The van der Waals surface area contributed by atoms with Crippen LogP contribution in [0.5, 0.6) is 17.2 Å². The maximum absolute atomic E-state index is 12.3. The molecule has 0 aliphatic rings. The van der Waals surface area contributed by atoms with Crippen LogP contribution in [0.25, 0.3) is 0 Å². The third-order valence-corrected chi connectivity index (χ3v) is 4.37. The smallest absolute Gasteiger partial charge is 0.258 e. The summed E-state index contributed by atoms with van der Waals surface area (Å²) in [5.41, 5.74) is 2.15. The molecule has 0 saturated heterocycles. The highest BCUT2D eigenvalue weighted by Crippen LogP contribution is 2.29. The lowest BCUT2D eigenvalue weighted by molar-refractivity contribution is -0.123. The zero-order valence-electron chi connectivity index (χ0n) is 17.0. The topological polar surface area (TPSA) is 56.8 Å². The fourth-order valence-corrected chi connectivity index (χ4v) is 2.74. The van der Waals surface area contributed by atoms with E-state index in [1.807, 2.05) is 49.4 Å². The maximum Gasteiger partial charge on any atom is 0.258 e. The molecule has 0 unspecified atom stereocenters. The van der Waals surface area contributed by atoms with Crippen molar-refractivity contribution >= 4 is 5.91 Å². The number of nitrogens with one attached hydrogen (secondary N) is 1. The number of benzene rings is 2. The van der Waals surface area contributed by atoms with Crippen LogP contribution < -0.4 is 19.5 Å². The lowest BCUT2D eigenvalue weighted by Gasteiger charge is -2.20. The Bertz CT molecular complexity index is 763. The van der Waals surface area contributed by atoms with Gasteiger partial charge in [0.25, 0.3) is 5.91 Å². The third kappa shape index (κ3) is 5.64. The standard InChI is InChI=1S/C22H29NO4/c1-15(19-13-18(25-5)11-12-20(19)26-6)23-21(24)14-27-17-9-7-16(8-10-17)22(2,3)4/h7-13,15H,14H2,1-6H3,(H,23,24)/t15-/m1/s1. The Kier molecular flexibility index (Phi) is 6.72. The molecule has 0 aromatic heterocycles. The summed E-state index contributed by atoms with van der Waals surface area (Å²) in [5.74, 6) is 1.88. The summed E-state index contributed by atoms with van der Waals surface area (Å²) in [7, 11) is 3.21. The van der Waals surface area contributed by atoms with E-state index in [-0.39, 0.29) is 24.0 Å². The molecular formula is C22H29NO4. The second kappa shape index (κ2) is 8.80. The quantitative estimate of drug-likeness (QED) is 0.790. The first-order chi connectivity index (χ1) is 12.7. The van der Waals surface area contributed by atoms with Crippen molar-refractivity contribution in [3.05, 3.63) is 53.6 Å². The highest BCUT2D eigenvalue weighted by atomic mass is 16.5. The van der Waals surface area contributed by atoms with Crippen molar-refractivity contribution in [2.45, 2.75) is 39.2 Å².